The van der Waals surface area contributed by atoms with Crippen molar-refractivity contribution in [2.75, 3.05) is 25.6 Å². The Morgan fingerprint density at radius 2 is 2.10 bits per heavy atom. The van der Waals surface area contributed by atoms with Crippen LogP contribution in [0.2, 0.25) is 0 Å². The zero-order valence-electron chi connectivity index (χ0n) is 21.5. The van der Waals surface area contributed by atoms with Gasteiger partial charge >= 0.3 is 10.3 Å². The normalized spacial score (nSPS) is 22.9. The molecule has 4 N–H and O–H groups in total. The minimum Gasteiger partial charge on any atom is -0.497 e. The summed E-state index contributed by atoms with van der Waals surface area (Å²) in [6.07, 6.45) is 3.28. The van der Waals surface area contributed by atoms with Crippen molar-refractivity contribution >= 4 is 33.2 Å². The number of methoxy groups -OCH3 is 1. The molecule has 13 heteroatoms. The summed E-state index contributed by atoms with van der Waals surface area (Å²) in [7, 11) is -2.47. The van der Waals surface area contributed by atoms with E-state index >= 15 is 0 Å². The van der Waals surface area contributed by atoms with Crippen molar-refractivity contribution in [3.63, 3.8) is 0 Å². The summed E-state index contributed by atoms with van der Waals surface area (Å²) < 4.78 is 38.5. The van der Waals surface area contributed by atoms with E-state index in [1.165, 1.54) is 29.4 Å². The lowest BCUT2D eigenvalue weighted by molar-refractivity contribution is 0.0695. The lowest BCUT2D eigenvalue weighted by Gasteiger charge is -2.26. The van der Waals surface area contributed by atoms with Gasteiger partial charge in [-0.3, -0.25) is 8.98 Å². The molecule has 0 unspecified atom stereocenters. The molecular formula is C26H30N4O7S2. The molecule has 5 rings (SSSR count). The quantitative estimate of drug-likeness (QED) is 0.324. The van der Waals surface area contributed by atoms with E-state index in [2.05, 4.69) is 25.5 Å². The number of thiophene rings is 1. The first-order valence-electron chi connectivity index (χ1n) is 12.5. The Balaban J connectivity index is 1.35. The van der Waals surface area contributed by atoms with Crippen LogP contribution in [0, 0.1) is 12.8 Å². The van der Waals surface area contributed by atoms with Crippen molar-refractivity contribution in [1.29, 1.82) is 0 Å². The van der Waals surface area contributed by atoms with Gasteiger partial charge in [0, 0.05) is 23.0 Å². The Morgan fingerprint density at radius 1 is 1.28 bits per heavy atom. The van der Waals surface area contributed by atoms with E-state index in [1.54, 1.807) is 7.11 Å². The van der Waals surface area contributed by atoms with Gasteiger partial charge in [-0.15, -0.1) is 11.3 Å². The largest absolute Gasteiger partial charge is 0.497 e. The first kappa shape index (κ1) is 27.6. The number of aliphatic hydroxyl groups is 1. The second kappa shape index (κ2) is 11.3. The molecule has 4 atom stereocenters. The second-order valence-electron chi connectivity index (χ2n) is 9.72. The average molecular weight is 575 g/mol. The molecule has 1 aliphatic carbocycles. The number of ether oxygens (including phenoxy) is 2. The number of nitrogens with one attached hydrogen (secondary N) is 1. The van der Waals surface area contributed by atoms with Gasteiger partial charge in [-0.1, -0.05) is 6.07 Å². The fourth-order valence-corrected chi connectivity index (χ4v) is 6.56. The number of carbonyl (C=O) groups is 1. The summed E-state index contributed by atoms with van der Waals surface area (Å²) in [5.41, 5.74) is 3.46. The molecule has 2 aromatic heterocycles. The van der Waals surface area contributed by atoms with Crippen molar-refractivity contribution in [3.8, 4) is 5.75 Å². The molecule has 11 nitrogen and oxygen atoms in total. The number of carbonyl (C=O) groups excluding carboxylic acids is 1. The van der Waals surface area contributed by atoms with Gasteiger partial charge in [-0.05, 0) is 61.1 Å². The molecule has 208 valence electrons. The van der Waals surface area contributed by atoms with E-state index in [0.29, 0.717) is 35.7 Å². The molecule has 1 saturated carbocycles. The maximum atomic E-state index is 13.7. The summed E-state index contributed by atoms with van der Waals surface area (Å²) in [6.45, 7) is 2.34. The van der Waals surface area contributed by atoms with Crippen LogP contribution in [0.25, 0.3) is 0 Å². The van der Waals surface area contributed by atoms with Crippen molar-refractivity contribution in [1.82, 2.24) is 9.97 Å². The van der Waals surface area contributed by atoms with E-state index in [-0.39, 0.29) is 24.5 Å². The van der Waals surface area contributed by atoms with Crippen molar-refractivity contribution in [2.24, 2.45) is 11.1 Å². The van der Waals surface area contributed by atoms with Gasteiger partial charge in [-0.2, -0.15) is 8.42 Å². The summed E-state index contributed by atoms with van der Waals surface area (Å²) in [6, 6.07) is 7.61. The number of aliphatic hydroxyl groups excluding tert-OH is 1. The molecule has 3 aromatic rings. The van der Waals surface area contributed by atoms with Crippen LogP contribution >= 0.6 is 11.3 Å². The molecule has 0 radical (unpaired) electrons. The molecule has 1 aromatic carbocycles. The fraction of sp³-hybridized carbons (Fsp3) is 0.423. The van der Waals surface area contributed by atoms with Gasteiger partial charge in [0.2, 0.25) is 5.78 Å². The van der Waals surface area contributed by atoms with Gasteiger partial charge in [0.25, 0.3) is 0 Å². The summed E-state index contributed by atoms with van der Waals surface area (Å²) >= 11 is 1.39. The zero-order valence-corrected chi connectivity index (χ0v) is 23.1. The fourth-order valence-electron chi connectivity index (χ4n) is 5.19. The number of anilines is 1. The van der Waals surface area contributed by atoms with E-state index in [0.717, 1.165) is 28.2 Å². The average Bonchev–Trinajstić information content (AvgIpc) is 3.47. The minimum atomic E-state index is -4.10. The highest BCUT2D eigenvalue weighted by atomic mass is 32.2. The van der Waals surface area contributed by atoms with Crippen LogP contribution in [-0.2, 0) is 25.6 Å². The van der Waals surface area contributed by atoms with E-state index in [9.17, 15) is 18.3 Å². The van der Waals surface area contributed by atoms with Crippen LogP contribution in [0.5, 0.6) is 5.75 Å². The molecule has 1 aliphatic heterocycles. The Morgan fingerprint density at radius 3 is 2.87 bits per heavy atom. The standard InChI is InChI=1S/C26H30N4O7S2/c1-14-19(25-20-9-18(35-2)4-3-15(20)5-6-36-25)10-23(38-14)24(32)21-11-28-13-29-26(21)30-17-7-16(22(31)8-17)12-37-39(27,33)34/h3-4,9-11,13,16-17,22,25,31H,5-8,12H2,1-2H3,(H2,27,33,34)(H,28,29,30)/t16-,17-,22+,25+/m1/s1. The topological polar surface area (TPSA) is 163 Å². The number of aryl methyl sites for hydroxylation is 1. The Hall–Kier alpha value is -2.94. The highest BCUT2D eigenvalue weighted by Crippen LogP contribution is 2.40. The number of nitrogens with zero attached hydrogens (tertiary/aromatic N) is 2. The summed E-state index contributed by atoms with van der Waals surface area (Å²) in [4.78, 5) is 23.5. The third-order valence-corrected chi connectivity index (χ3v) is 8.69. The number of ketones is 1. The van der Waals surface area contributed by atoms with E-state index in [1.807, 2.05) is 25.1 Å². The number of benzene rings is 1. The number of nitrogens with two attached hydrogens (primary N) is 1. The van der Waals surface area contributed by atoms with Crippen LogP contribution in [0.3, 0.4) is 0 Å². The van der Waals surface area contributed by atoms with Gasteiger partial charge < -0.3 is 19.9 Å². The van der Waals surface area contributed by atoms with Crippen LogP contribution in [0.15, 0.2) is 36.8 Å². The van der Waals surface area contributed by atoms with Gasteiger partial charge in [-0.25, -0.2) is 15.1 Å². The molecule has 39 heavy (non-hydrogen) atoms. The van der Waals surface area contributed by atoms with Crippen molar-refractivity contribution in [3.05, 3.63) is 68.8 Å². The van der Waals surface area contributed by atoms with Crippen molar-refractivity contribution in [2.45, 2.75) is 44.4 Å². The van der Waals surface area contributed by atoms with E-state index in [4.69, 9.17) is 14.6 Å². The Kier molecular flexibility index (Phi) is 7.99. The van der Waals surface area contributed by atoms with Crippen LogP contribution in [0.4, 0.5) is 5.82 Å². The van der Waals surface area contributed by atoms with Crippen LogP contribution in [-0.4, -0.2) is 61.7 Å². The maximum Gasteiger partial charge on any atom is 0.333 e. The van der Waals surface area contributed by atoms with Crippen LogP contribution in [0.1, 0.15) is 55.7 Å². The highest BCUT2D eigenvalue weighted by molar-refractivity contribution is 7.84. The van der Waals surface area contributed by atoms with Gasteiger partial charge in [0.15, 0.2) is 0 Å². The van der Waals surface area contributed by atoms with Crippen molar-refractivity contribution < 1.29 is 32.0 Å². The third-order valence-electron chi connectivity index (χ3n) is 7.16. The smallest absolute Gasteiger partial charge is 0.333 e. The highest BCUT2D eigenvalue weighted by Gasteiger charge is 2.35. The number of rotatable bonds is 9. The maximum absolute atomic E-state index is 13.7. The second-order valence-corrected chi connectivity index (χ2v) is 12.2. The Labute approximate surface area is 230 Å². The molecule has 3 heterocycles. The molecule has 0 amide bonds. The Bertz CT molecular complexity index is 1480. The molecule has 0 bridgehead atoms. The van der Waals surface area contributed by atoms with E-state index < -0.39 is 22.3 Å². The SMILES string of the molecule is COc1ccc2c(c1)[C@H](c1cc(C(=O)c3cncnc3N[C@@H]3C[C@H](COS(N)(=O)=O)[C@@H](O)C3)sc1C)OCC2. The monoisotopic (exact) mass is 574 g/mol. The molecule has 1 fully saturated rings. The number of hydrogen-bond donors (Lipinski definition) is 3. The van der Waals surface area contributed by atoms with Crippen LogP contribution < -0.4 is 15.2 Å². The minimum absolute atomic E-state index is 0.219. The molecular weight excluding hydrogens is 544 g/mol. The number of aromatic nitrogens is 2. The predicted octanol–water partition coefficient (Wildman–Crippen LogP) is 2.52. The van der Waals surface area contributed by atoms with Gasteiger partial charge in [0.1, 0.15) is 24.0 Å². The first-order chi connectivity index (χ1) is 18.6. The lowest BCUT2D eigenvalue weighted by Crippen LogP contribution is -2.24. The van der Waals surface area contributed by atoms with Gasteiger partial charge in [0.05, 0.1) is 36.9 Å². The summed E-state index contributed by atoms with van der Waals surface area (Å²) in [5, 5.41) is 18.5. The summed E-state index contributed by atoms with van der Waals surface area (Å²) in [5.74, 6) is 0.436. The molecule has 0 spiro atoms. The molecule has 2 aliphatic rings. The molecule has 0 saturated heterocycles. The first-order valence-corrected chi connectivity index (χ1v) is 14.8. The zero-order chi connectivity index (χ0) is 27.7. The predicted molar refractivity (Wildman–Crippen MR) is 144 cm³/mol. The lowest BCUT2D eigenvalue weighted by atomic mass is 9.92. The third kappa shape index (κ3) is 6.13. The number of hydrogen-bond acceptors (Lipinski definition) is 11. The number of fused-ring (bicyclic) bond motifs is 1.